The number of nitrogens with one attached hydrogen (secondary N) is 3. The summed E-state index contributed by atoms with van der Waals surface area (Å²) in [5, 5.41) is 8.65. The second-order valence-electron chi connectivity index (χ2n) is 6.78. The van der Waals surface area contributed by atoms with Crippen molar-refractivity contribution in [2.24, 2.45) is 0 Å². The Balaban J connectivity index is 1.62. The summed E-state index contributed by atoms with van der Waals surface area (Å²) in [7, 11) is 0. The predicted octanol–water partition coefficient (Wildman–Crippen LogP) is 2.56. The maximum atomic E-state index is 14.8. The van der Waals surface area contributed by atoms with Crippen molar-refractivity contribution in [3.05, 3.63) is 58.4 Å². The van der Waals surface area contributed by atoms with Crippen molar-refractivity contribution in [3.63, 3.8) is 0 Å². The molecule has 0 aromatic heterocycles. The van der Waals surface area contributed by atoms with Gasteiger partial charge in [0.25, 0.3) is 5.91 Å². The summed E-state index contributed by atoms with van der Waals surface area (Å²) >= 11 is 0. The Morgan fingerprint density at radius 1 is 1.22 bits per heavy atom. The first-order valence-corrected chi connectivity index (χ1v) is 9.03. The van der Waals surface area contributed by atoms with Crippen molar-refractivity contribution in [1.29, 1.82) is 0 Å². The number of carbonyl (C=O) groups is 2. The van der Waals surface area contributed by atoms with Gasteiger partial charge in [-0.15, -0.1) is 0 Å². The van der Waals surface area contributed by atoms with Crippen LogP contribution in [0.2, 0.25) is 0 Å². The Hall–Kier alpha value is -2.93. The van der Waals surface area contributed by atoms with Crippen molar-refractivity contribution in [1.82, 2.24) is 10.6 Å². The van der Waals surface area contributed by atoms with E-state index in [1.165, 1.54) is 0 Å². The smallest absolute Gasteiger partial charge is 0.322 e. The number of rotatable bonds is 3. The van der Waals surface area contributed by atoms with Crippen LogP contribution in [0.3, 0.4) is 0 Å². The van der Waals surface area contributed by atoms with E-state index in [1.54, 1.807) is 30.0 Å². The van der Waals surface area contributed by atoms with E-state index in [2.05, 4.69) is 16.0 Å². The summed E-state index contributed by atoms with van der Waals surface area (Å²) in [6.07, 6.45) is 0.601. The Morgan fingerprint density at radius 3 is 2.85 bits per heavy atom. The first-order chi connectivity index (χ1) is 13.1. The molecule has 2 aliphatic heterocycles. The predicted molar refractivity (Wildman–Crippen MR) is 102 cm³/mol. The third-order valence-corrected chi connectivity index (χ3v) is 5.15. The fourth-order valence-corrected chi connectivity index (χ4v) is 3.68. The fourth-order valence-electron chi connectivity index (χ4n) is 3.68. The van der Waals surface area contributed by atoms with E-state index in [-0.39, 0.29) is 23.4 Å². The molecule has 0 atom stereocenters. The molecule has 0 saturated carbocycles. The number of anilines is 2. The summed E-state index contributed by atoms with van der Waals surface area (Å²) < 4.78 is 14.8. The number of carbonyl (C=O) groups excluding carboxylic acids is 2. The highest BCUT2D eigenvalue weighted by atomic mass is 19.1. The van der Waals surface area contributed by atoms with Gasteiger partial charge in [-0.3, -0.25) is 9.69 Å². The molecule has 0 aliphatic carbocycles. The lowest BCUT2D eigenvalue weighted by molar-refractivity contribution is 0.102. The van der Waals surface area contributed by atoms with E-state index in [4.69, 9.17) is 0 Å². The zero-order chi connectivity index (χ0) is 19.0. The maximum Gasteiger partial charge on any atom is 0.322 e. The molecule has 27 heavy (non-hydrogen) atoms. The standard InChI is InChI=1S/C20H21FN4O2/c1-12-14(3-2-4-17(12)25-10-9-23-20(25)27)19(26)24-16-6-5-13-11-22-8-7-15(13)18(16)21/h2-6,22H,7-11H2,1H3,(H,23,27)(H,24,26). The number of urea groups is 1. The van der Waals surface area contributed by atoms with Gasteiger partial charge < -0.3 is 16.0 Å². The van der Waals surface area contributed by atoms with Crippen LogP contribution in [0.4, 0.5) is 20.6 Å². The monoisotopic (exact) mass is 368 g/mol. The lowest BCUT2D eigenvalue weighted by atomic mass is 9.99. The van der Waals surface area contributed by atoms with E-state index >= 15 is 0 Å². The van der Waals surface area contributed by atoms with Crippen LogP contribution in [-0.2, 0) is 13.0 Å². The normalized spacial score (nSPS) is 16.1. The van der Waals surface area contributed by atoms with E-state index in [0.29, 0.717) is 48.4 Å². The summed E-state index contributed by atoms with van der Waals surface area (Å²) in [5.41, 5.74) is 3.57. The van der Waals surface area contributed by atoms with E-state index < -0.39 is 0 Å². The van der Waals surface area contributed by atoms with E-state index in [9.17, 15) is 14.0 Å². The highest BCUT2D eigenvalue weighted by Crippen LogP contribution is 2.27. The average molecular weight is 368 g/mol. The molecule has 140 valence electrons. The third kappa shape index (κ3) is 3.14. The van der Waals surface area contributed by atoms with Gasteiger partial charge in [0.2, 0.25) is 0 Å². The second-order valence-corrected chi connectivity index (χ2v) is 6.78. The maximum absolute atomic E-state index is 14.8. The number of benzene rings is 2. The third-order valence-electron chi connectivity index (χ3n) is 5.15. The van der Waals surface area contributed by atoms with Crippen LogP contribution in [0, 0.1) is 12.7 Å². The lowest BCUT2D eigenvalue weighted by Gasteiger charge is -2.21. The second kappa shape index (κ2) is 7.00. The average Bonchev–Trinajstić information content (AvgIpc) is 3.10. The van der Waals surface area contributed by atoms with Gasteiger partial charge in [-0.2, -0.15) is 0 Å². The number of amides is 3. The molecule has 0 radical (unpaired) electrons. The number of nitrogens with zero attached hydrogens (tertiary/aromatic N) is 1. The van der Waals surface area contributed by atoms with Crippen molar-refractivity contribution >= 4 is 23.3 Å². The summed E-state index contributed by atoms with van der Waals surface area (Å²) in [6.45, 7) is 4.28. The lowest BCUT2D eigenvalue weighted by Crippen LogP contribution is -2.29. The van der Waals surface area contributed by atoms with Crippen LogP contribution in [0.5, 0.6) is 0 Å². The minimum atomic E-state index is -0.387. The minimum absolute atomic E-state index is 0.176. The molecule has 3 amide bonds. The molecule has 0 spiro atoms. The van der Waals surface area contributed by atoms with Gasteiger partial charge in [-0.05, 0) is 54.8 Å². The molecule has 1 fully saturated rings. The molecule has 4 rings (SSSR count). The zero-order valence-electron chi connectivity index (χ0n) is 15.1. The molecule has 6 nitrogen and oxygen atoms in total. The van der Waals surface area contributed by atoms with Gasteiger partial charge in [0.05, 0.1) is 5.69 Å². The summed E-state index contributed by atoms with van der Waals surface area (Å²) in [4.78, 5) is 26.3. The topological polar surface area (TPSA) is 73.5 Å². The van der Waals surface area contributed by atoms with Crippen LogP contribution in [0.25, 0.3) is 0 Å². The molecule has 7 heteroatoms. The first kappa shape index (κ1) is 17.5. The van der Waals surface area contributed by atoms with Gasteiger partial charge in [0.15, 0.2) is 0 Å². The molecular formula is C20H21FN4O2. The molecule has 2 aromatic rings. The molecule has 2 aliphatic rings. The summed E-state index contributed by atoms with van der Waals surface area (Å²) in [5.74, 6) is -0.753. The zero-order valence-corrected chi connectivity index (χ0v) is 15.1. The van der Waals surface area contributed by atoms with Crippen LogP contribution < -0.4 is 20.9 Å². The fraction of sp³-hybridized carbons (Fsp3) is 0.300. The van der Waals surface area contributed by atoms with Crippen LogP contribution in [-0.4, -0.2) is 31.6 Å². The van der Waals surface area contributed by atoms with Gasteiger partial charge >= 0.3 is 6.03 Å². The Bertz CT molecular complexity index is 928. The highest BCUT2D eigenvalue weighted by Gasteiger charge is 2.25. The molecule has 3 N–H and O–H groups in total. The molecule has 2 heterocycles. The van der Waals surface area contributed by atoms with Gasteiger partial charge in [0.1, 0.15) is 5.82 Å². The first-order valence-electron chi connectivity index (χ1n) is 9.03. The van der Waals surface area contributed by atoms with Crippen molar-refractivity contribution in [3.8, 4) is 0 Å². The number of hydrogen-bond acceptors (Lipinski definition) is 3. The highest BCUT2D eigenvalue weighted by molar-refractivity contribution is 6.07. The number of hydrogen-bond donors (Lipinski definition) is 3. The largest absolute Gasteiger partial charge is 0.336 e. The Kier molecular flexibility index (Phi) is 4.53. The SMILES string of the molecule is Cc1c(C(=O)Nc2ccc3c(c2F)CCNC3)cccc1N1CCNC1=O. The van der Waals surface area contributed by atoms with Crippen molar-refractivity contribution in [2.75, 3.05) is 29.9 Å². The van der Waals surface area contributed by atoms with Crippen LogP contribution in [0.1, 0.15) is 27.0 Å². The number of halogens is 1. The van der Waals surface area contributed by atoms with Crippen LogP contribution in [0.15, 0.2) is 30.3 Å². The molecule has 2 aromatic carbocycles. The van der Waals surface area contributed by atoms with Crippen molar-refractivity contribution < 1.29 is 14.0 Å². The van der Waals surface area contributed by atoms with Gasteiger partial charge in [0, 0.05) is 30.9 Å². The molecule has 0 unspecified atom stereocenters. The van der Waals surface area contributed by atoms with Crippen LogP contribution >= 0.6 is 0 Å². The van der Waals surface area contributed by atoms with Crippen molar-refractivity contribution in [2.45, 2.75) is 19.9 Å². The van der Waals surface area contributed by atoms with E-state index in [0.717, 1.165) is 12.1 Å². The molecule has 0 bridgehead atoms. The van der Waals surface area contributed by atoms with E-state index in [1.807, 2.05) is 12.1 Å². The van der Waals surface area contributed by atoms with Gasteiger partial charge in [-0.1, -0.05) is 12.1 Å². The molecule has 1 saturated heterocycles. The Labute approximate surface area is 156 Å². The Morgan fingerprint density at radius 2 is 2.07 bits per heavy atom. The quantitative estimate of drug-likeness (QED) is 0.780. The van der Waals surface area contributed by atoms with Gasteiger partial charge in [-0.25, -0.2) is 9.18 Å². The number of fused-ring (bicyclic) bond motifs is 1. The summed E-state index contributed by atoms with van der Waals surface area (Å²) in [6, 6.07) is 8.50. The molecular weight excluding hydrogens is 347 g/mol. The minimum Gasteiger partial charge on any atom is -0.336 e.